The summed E-state index contributed by atoms with van der Waals surface area (Å²) in [6.45, 7) is 5.32. The molecule has 8 heteroatoms. The van der Waals surface area contributed by atoms with E-state index in [0.29, 0.717) is 12.5 Å². The van der Waals surface area contributed by atoms with Crippen LogP contribution in [0.2, 0.25) is 0 Å². The summed E-state index contributed by atoms with van der Waals surface area (Å²) in [6.07, 6.45) is 4.37. The van der Waals surface area contributed by atoms with Gasteiger partial charge in [-0.2, -0.15) is 0 Å². The number of hydroxylamine groups is 1. The number of nitrogens with zero attached hydrogens (tertiary/aromatic N) is 1. The van der Waals surface area contributed by atoms with E-state index in [1.807, 2.05) is 6.08 Å². The van der Waals surface area contributed by atoms with Crippen molar-refractivity contribution in [3.8, 4) is 0 Å². The molecule has 1 fully saturated rings. The molecule has 0 spiro atoms. The number of primary amides is 1. The lowest BCUT2D eigenvalue weighted by Crippen LogP contribution is -2.53. The molecular formula is C17H27N3O5. The van der Waals surface area contributed by atoms with Crippen LogP contribution in [0.5, 0.6) is 0 Å². The Kier molecular flexibility index (Phi) is 6.41. The maximum atomic E-state index is 12.5. The highest BCUT2D eigenvalue weighted by atomic mass is 16.7. The molecule has 0 aromatic rings. The van der Waals surface area contributed by atoms with Gasteiger partial charge in [0.2, 0.25) is 5.91 Å². The van der Waals surface area contributed by atoms with E-state index in [1.165, 1.54) is 11.8 Å². The van der Waals surface area contributed by atoms with Crippen molar-refractivity contribution in [3.63, 3.8) is 0 Å². The highest BCUT2D eigenvalue weighted by molar-refractivity contribution is 5.89. The van der Waals surface area contributed by atoms with Crippen LogP contribution in [0.15, 0.2) is 11.6 Å². The minimum atomic E-state index is -0.955. The number of hydrogen-bond acceptors (Lipinski definition) is 5. The van der Waals surface area contributed by atoms with Gasteiger partial charge in [-0.05, 0) is 57.9 Å². The summed E-state index contributed by atoms with van der Waals surface area (Å²) in [5.74, 6) is -0.801. The number of carbonyl (C=O) groups excluding carboxylic acids is 3. The van der Waals surface area contributed by atoms with Crippen LogP contribution >= 0.6 is 0 Å². The van der Waals surface area contributed by atoms with Crippen molar-refractivity contribution in [2.75, 3.05) is 6.54 Å². The van der Waals surface area contributed by atoms with Crippen molar-refractivity contribution in [2.45, 2.75) is 64.7 Å². The molecular weight excluding hydrogens is 326 g/mol. The van der Waals surface area contributed by atoms with Gasteiger partial charge in [-0.25, -0.2) is 15.1 Å². The summed E-state index contributed by atoms with van der Waals surface area (Å²) in [6, 6.07) is -1.35. The van der Waals surface area contributed by atoms with E-state index in [1.54, 1.807) is 13.8 Å². The molecule has 2 rings (SSSR count). The van der Waals surface area contributed by atoms with Crippen molar-refractivity contribution >= 4 is 17.9 Å². The van der Waals surface area contributed by atoms with Crippen molar-refractivity contribution in [1.29, 1.82) is 0 Å². The average Bonchev–Trinajstić information content (AvgIpc) is 3.35. The van der Waals surface area contributed by atoms with Crippen molar-refractivity contribution < 1.29 is 24.0 Å². The smallest absolute Gasteiger partial charge is 0.342 e. The topological polar surface area (TPSA) is 111 Å². The molecule has 0 radical (unpaired) electrons. The molecule has 3 amide bonds. The predicted octanol–water partition coefficient (Wildman–Crippen LogP) is 1.25. The van der Waals surface area contributed by atoms with Crippen molar-refractivity contribution in [2.24, 2.45) is 11.7 Å². The van der Waals surface area contributed by atoms with Crippen LogP contribution in [0.1, 0.15) is 46.5 Å². The standard InChI is InChI=1S/C17H27N3O5/c1-10(2)24-16(22)11(3)25-19-17(23)20-9-5-4-6-13(12-7-8-12)14(20)15(18)21/h6,10-12,14H,4-5,7-9H2,1-3H3,(H2,18,21)(H,19,23)/t11-,14-/m0/s1. The molecule has 0 aromatic heterocycles. The molecule has 0 unspecified atom stereocenters. The van der Waals surface area contributed by atoms with E-state index in [0.717, 1.165) is 31.3 Å². The Labute approximate surface area is 147 Å². The van der Waals surface area contributed by atoms with E-state index in [4.69, 9.17) is 15.3 Å². The Balaban J connectivity index is 1.99. The van der Waals surface area contributed by atoms with Crippen molar-refractivity contribution in [1.82, 2.24) is 10.4 Å². The number of rotatable bonds is 6. The molecule has 0 aromatic carbocycles. The fourth-order valence-corrected chi connectivity index (χ4v) is 2.87. The van der Waals surface area contributed by atoms with E-state index in [9.17, 15) is 14.4 Å². The summed E-state index contributed by atoms with van der Waals surface area (Å²) >= 11 is 0. The Morgan fingerprint density at radius 2 is 1.96 bits per heavy atom. The Morgan fingerprint density at radius 3 is 2.52 bits per heavy atom. The van der Waals surface area contributed by atoms with E-state index >= 15 is 0 Å². The lowest BCUT2D eigenvalue weighted by Gasteiger charge is -2.30. The summed E-state index contributed by atoms with van der Waals surface area (Å²) in [5, 5.41) is 0. The van der Waals surface area contributed by atoms with Crippen LogP contribution < -0.4 is 11.2 Å². The van der Waals surface area contributed by atoms with Gasteiger partial charge >= 0.3 is 12.0 Å². The number of allylic oxidation sites excluding steroid dienone is 1. The number of carbonyl (C=O) groups is 3. The first kappa shape index (κ1) is 19.2. The first-order valence-corrected chi connectivity index (χ1v) is 8.73. The number of nitrogens with two attached hydrogens (primary N) is 1. The summed E-state index contributed by atoms with van der Waals surface area (Å²) in [4.78, 5) is 42.7. The van der Waals surface area contributed by atoms with E-state index < -0.39 is 30.1 Å². The highest BCUT2D eigenvalue weighted by Gasteiger charge is 2.39. The molecule has 2 aliphatic rings. The molecule has 1 saturated carbocycles. The van der Waals surface area contributed by atoms with Crippen LogP contribution in [0.4, 0.5) is 4.79 Å². The summed E-state index contributed by atoms with van der Waals surface area (Å²) in [7, 11) is 0. The van der Waals surface area contributed by atoms with Gasteiger partial charge in [0.25, 0.3) is 0 Å². The second kappa shape index (κ2) is 8.33. The van der Waals surface area contributed by atoms with Gasteiger partial charge in [0.15, 0.2) is 6.10 Å². The van der Waals surface area contributed by atoms with Gasteiger partial charge in [0.05, 0.1) is 6.10 Å². The molecule has 2 atom stereocenters. The minimum absolute atomic E-state index is 0.273. The maximum absolute atomic E-state index is 12.5. The lowest BCUT2D eigenvalue weighted by atomic mass is 10.0. The molecule has 3 N–H and O–H groups in total. The molecule has 1 aliphatic heterocycles. The number of esters is 1. The minimum Gasteiger partial charge on any atom is -0.461 e. The van der Waals surface area contributed by atoms with E-state index in [2.05, 4.69) is 5.48 Å². The van der Waals surface area contributed by atoms with E-state index in [-0.39, 0.29) is 6.10 Å². The number of amides is 3. The third-order valence-corrected chi connectivity index (χ3v) is 4.20. The highest BCUT2D eigenvalue weighted by Crippen LogP contribution is 2.40. The number of hydrogen-bond donors (Lipinski definition) is 2. The number of urea groups is 1. The second-order valence-corrected chi connectivity index (χ2v) is 6.77. The summed E-state index contributed by atoms with van der Waals surface area (Å²) in [5.41, 5.74) is 8.74. The molecule has 0 saturated heterocycles. The molecule has 8 nitrogen and oxygen atoms in total. The SMILES string of the molecule is CC(C)OC(=O)[C@H](C)ONC(=O)N1CCCC=C(C2CC2)[C@H]1C(N)=O. The lowest BCUT2D eigenvalue weighted by molar-refractivity contribution is -0.163. The normalized spacial score (nSPS) is 22.0. The Bertz CT molecular complexity index is 556. The van der Waals surface area contributed by atoms with Gasteiger partial charge in [-0.1, -0.05) is 6.08 Å². The fraction of sp³-hybridized carbons (Fsp3) is 0.706. The van der Waals surface area contributed by atoms with Gasteiger partial charge in [0.1, 0.15) is 6.04 Å². The van der Waals surface area contributed by atoms with Crippen molar-refractivity contribution in [3.05, 3.63) is 11.6 Å². The molecule has 0 bridgehead atoms. The first-order valence-electron chi connectivity index (χ1n) is 8.73. The van der Waals surface area contributed by atoms with Gasteiger partial charge < -0.3 is 15.4 Å². The average molecular weight is 353 g/mol. The van der Waals surface area contributed by atoms with Gasteiger partial charge in [0, 0.05) is 6.54 Å². The molecule has 140 valence electrons. The predicted molar refractivity (Wildman–Crippen MR) is 90.0 cm³/mol. The number of nitrogens with one attached hydrogen (secondary N) is 1. The van der Waals surface area contributed by atoms with Gasteiger partial charge in [-0.15, -0.1) is 0 Å². The second-order valence-electron chi connectivity index (χ2n) is 6.77. The number of ether oxygens (including phenoxy) is 1. The molecule has 1 aliphatic carbocycles. The fourth-order valence-electron chi connectivity index (χ4n) is 2.87. The Hall–Kier alpha value is -2.09. The summed E-state index contributed by atoms with van der Waals surface area (Å²) < 4.78 is 5.01. The zero-order valence-corrected chi connectivity index (χ0v) is 15.0. The zero-order valence-electron chi connectivity index (χ0n) is 15.0. The third kappa shape index (κ3) is 5.19. The monoisotopic (exact) mass is 353 g/mol. The maximum Gasteiger partial charge on any atom is 0.342 e. The molecule has 25 heavy (non-hydrogen) atoms. The van der Waals surface area contributed by atoms with Crippen LogP contribution in [0, 0.1) is 5.92 Å². The van der Waals surface area contributed by atoms with Gasteiger partial charge in [-0.3, -0.25) is 9.63 Å². The quantitative estimate of drug-likeness (QED) is 0.424. The first-order chi connectivity index (χ1) is 11.8. The molecule has 1 heterocycles. The third-order valence-electron chi connectivity index (χ3n) is 4.20. The van der Waals surface area contributed by atoms with Crippen LogP contribution in [0.3, 0.4) is 0 Å². The zero-order chi connectivity index (χ0) is 18.6. The largest absolute Gasteiger partial charge is 0.461 e. The Morgan fingerprint density at radius 1 is 1.28 bits per heavy atom. The van der Waals surface area contributed by atoms with Crippen LogP contribution in [-0.2, 0) is 19.2 Å². The van der Waals surface area contributed by atoms with Crippen LogP contribution in [-0.4, -0.2) is 47.6 Å². The van der Waals surface area contributed by atoms with Crippen LogP contribution in [0.25, 0.3) is 0 Å².